The van der Waals surface area contributed by atoms with Crippen LogP contribution in [-0.2, 0) is 13.2 Å². The maximum absolute atomic E-state index is 5.83. The number of ether oxygens (including phenoxy) is 1. The van der Waals surface area contributed by atoms with Gasteiger partial charge in [-0.3, -0.25) is 0 Å². The first kappa shape index (κ1) is 15.7. The largest absolute Gasteiger partial charge is 0.489 e. The van der Waals surface area contributed by atoms with E-state index in [9.17, 15) is 0 Å². The minimum atomic E-state index is 0.107. The van der Waals surface area contributed by atoms with Crippen molar-refractivity contribution in [1.82, 2.24) is 15.5 Å². The highest BCUT2D eigenvalue weighted by Crippen LogP contribution is 2.41. The van der Waals surface area contributed by atoms with Gasteiger partial charge in [-0.25, -0.2) is 0 Å². The molecule has 0 amide bonds. The lowest BCUT2D eigenvalue weighted by atomic mass is 10.1. The van der Waals surface area contributed by atoms with Gasteiger partial charge in [0.25, 0.3) is 0 Å². The van der Waals surface area contributed by atoms with E-state index in [0.717, 1.165) is 12.2 Å². The topological polar surface area (TPSA) is 86.2 Å². The van der Waals surface area contributed by atoms with Crippen LogP contribution < -0.4 is 15.8 Å². The first-order chi connectivity index (χ1) is 12.3. The molecular weight excluding hydrogens is 316 g/mol. The number of benzene rings is 2. The lowest BCUT2D eigenvalue weighted by molar-refractivity contribution is 0.306. The summed E-state index contributed by atoms with van der Waals surface area (Å²) in [4.78, 5) is 0. The van der Waals surface area contributed by atoms with Crippen LogP contribution in [0.4, 0.5) is 6.01 Å². The van der Waals surface area contributed by atoms with Gasteiger partial charge in [-0.15, -0.1) is 5.10 Å². The third-order valence-electron chi connectivity index (χ3n) is 4.34. The fourth-order valence-electron chi connectivity index (χ4n) is 2.90. The first-order valence-corrected chi connectivity index (χ1v) is 8.36. The lowest BCUT2D eigenvalue weighted by Gasteiger charge is -2.07. The second-order valence-corrected chi connectivity index (χ2v) is 6.21. The van der Waals surface area contributed by atoms with Crippen LogP contribution in [0.5, 0.6) is 5.75 Å². The summed E-state index contributed by atoms with van der Waals surface area (Å²) in [6.45, 7) is 1.13. The molecule has 1 saturated carbocycles. The standard InChI is InChI=1S/C19H20N4O2/c20-19-23-22-18(25-19)11-21-17-10-16(17)14-6-8-15(9-7-14)24-12-13-4-2-1-3-5-13/h1-9,16-17,21H,10-12H2,(H2,20,23). The molecular formula is C19H20N4O2. The Morgan fingerprint density at radius 3 is 2.60 bits per heavy atom. The molecule has 2 atom stereocenters. The zero-order valence-corrected chi connectivity index (χ0v) is 13.8. The molecule has 1 heterocycles. The minimum absolute atomic E-state index is 0.107. The second kappa shape index (κ2) is 6.94. The van der Waals surface area contributed by atoms with Crippen LogP contribution in [0.2, 0.25) is 0 Å². The third-order valence-corrected chi connectivity index (χ3v) is 4.34. The average molecular weight is 336 g/mol. The molecule has 0 bridgehead atoms. The summed E-state index contributed by atoms with van der Waals surface area (Å²) in [6.07, 6.45) is 1.10. The molecule has 2 unspecified atom stereocenters. The number of anilines is 1. The molecule has 6 nitrogen and oxygen atoms in total. The summed E-state index contributed by atoms with van der Waals surface area (Å²) in [6, 6.07) is 19.0. The molecule has 1 aliphatic rings. The Kier molecular flexibility index (Phi) is 4.35. The van der Waals surface area contributed by atoms with Gasteiger partial charge in [-0.2, -0.15) is 0 Å². The fraction of sp³-hybridized carbons (Fsp3) is 0.263. The molecule has 6 heteroatoms. The first-order valence-electron chi connectivity index (χ1n) is 8.36. The summed E-state index contributed by atoms with van der Waals surface area (Å²) in [5, 5.41) is 10.9. The Balaban J connectivity index is 1.26. The van der Waals surface area contributed by atoms with Crippen molar-refractivity contribution in [3.63, 3.8) is 0 Å². The van der Waals surface area contributed by atoms with Crippen molar-refractivity contribution in [2.75, 3.05) is 5.73 Å². The molecule has 25 heavy (non-hydrogen) atoms. The maximum Gasteiger partial charge on any atom is 0.312 e. The third kappa shape index (κ3) is 3.97. The molecule has 3 N–H and O–H groups in total. The van der Waals surface area contributed by atoms with E-state index in [1.807, 2.05) is 30.3 Å². The molecule has 0 saturated heterocycles. The van der Waals surface area contributed by atoms with Crippen LogP contribution >= 0.6 is 0 Å². The van der Waals surface area contributed by atoms with Gasteiger partial charge in [-0.05, 0) is 29.7 Å². The number of nitrogens with two attached hydrogens (primary N) is 1. The predicted molar refractivity (Wildman–Crippen MR) is 93.9 cm³/mol. The fourth-order valence-corrected chi connectivity index (χ4v) is 2.90. The molecule has 2 aromatic carbocycles. The predicted octanol–water partition coefficient (Wildman–Crippen LogP) is 2.88. The van der Waals surface area contributed by atoms with Crippen molar-refractivity contribution in [1.29, 1.82) is 0 Å². The van der Waals surface area contributed by atoms with Crippen LogP contribution in [0.25, 0.3) is 0 Å². The van der Waals surface area contributed by atoms with E-state index in [4.69, 9.17) is 14.9 Å². The summed E-state index contributed by atoms with van der Waals surface area (Å²) in [7, 11) is 0. The van der Waals surface area contributed by atoms with Crippen LogP contribution in [0.1, 0.15) is 29.4 Å². The van der Waals surface area contributed by atoms with Crippen LogP contribution in [0.15, 0.2) is 59.0 Å². The zero-order chi connectivity index (χ0) is 17.1. The van der Waals surface area contributed by atoms with Crippen molar-refractivity contribution in [2.24, 2.45) is 0 Å². The number of aromatic nitrogens is 2. The molecule has 4 rings (SSSR count). The quantitative estimate of drug-likeness (QED) is 0.690. The Hall–Kier alpha value is -2.86. The smallest absolute Gasteiger partial charge is 0.312 e. The van der Waals surface area contributed by atoms with Crippen LogP contribution in [0.3, 0.4) is 0 Å². The van der Waals surface area contributed by atoms with E-state index in [2.05, 4.69) is 39.8 Å². The number of hydrogen-bond acceptors (Lipinski definition) is 6. The normalized spacial score (nSPS) is 18.9. The van der Waals surface area contributed by atoms with E-state index < -0.39 is 0 Å². The van der Waals surface area contributed by atoms with Gasteiger partial charge in [0.1, 0.15) is 12.4 Å². The van der Waals surface area contributed by atoms with Gasteiger partial charge in [0, 0.05) is 12.0 Å². The van der Waals surface area contributed by atoms with E-state index in [1.54, 1.807) is 0 Å². The number of nitrogens with zero attached hydrogens (tertiary/aromatic N) is 2. The van der Waals surface area contributed by atoms with E-state index in [-0.39, 0.29) is 6.01 Å². The highest BCUT2D eigenvalue weighted by atomic mass is 16.5. The Labute approximate surface area is 146 Å². The molecule has 3 aromatic rings. The van der Waals surface area contributed by atoms with E-state index >= 15 is 0 Å². The van der Waals surface area contributed by atoms with Crippen molar-refractivity contribution in [3.05, 3.63) is 71.6 Å². The Bertz CT molecular complexity index is 817. The molecule has 0 spiro atoms. The van der Waals surface area contributed by atoms with Gasteiger partial charge >= 0.3 is 6.01 Å². The van der Waals surface area contributed by atoms with Crippen molar-refractivity contribution in [3.8, 4) is 5.75 Å². The highest BCUT2D eigenvalue weighted by Gasteiger charge is 2.38. The minimum Gasteiger partial charge on any atom is -0.489 e. The summed E-state index contributed by atoms with van der Waals surface area (Å²) in [5.74, 6) is 1.93. The van der Waals surface area contributed by atoms with Crippen molar-refractivity contribution >= 4 is 6.01 Å². The second-order valence-electron chi connectivity index (χ2n) is 6.21. The van der Waals surface area contributed by atoms with E-state index in [1.165, 1.54) is 11.1 Å². The lowest BCUT2D eigenvalue weighted by Crippen LogP contribution is -2.17. The van der Waals surface area contributed by atoms with Gasteiger partial charge in [0.05, 0.1) is 6.54 Å². The molecule has 0 aliphatic heterocycles. The van der Waals surface area contributed by atoms with Gasteiger partial charge in [0.15, 0.2) is 0 Å². The molecule has 1 aromatic heterocycles. The van der Waals surface area contributed by atoms with Gasteiger partial charge in [-0.1, -0.05) is 47.6 Å². The van der Waals surface area contributed by atoms with Crippen LogP contribution in [0, 0.1) is 0 Å². The average Bonchev–Trinajstić information content (AvgIpc) is 3.32. The van der Waals surface area contributed by atoms with Gasteiger partial charge in [0.2, 0.25) is 5.89 Å². The Morgan fingerprint density at radius 2 is 1.88 bits per heavy atom. The Morgan fingerprint density at radius 1 is 1.08 bits per heavy atom. The highest BCUT2D eigenvalue weighted by molar-refractivity contribution is 5.34. The van der Waals surface area contributed by atoms with Crippen molar-refractivity contribution in [2.45, 2.75) is 31.5 Å². The monoisotopic (exact) mass is 336 g/mol. The van der Waals surface area contributed by atoms with Crippen LogP contribution in [-0.4, -0.2) is 16.2 Å². The SMILES string of the molecule is Nc1nnc(CNC2CC2c2ccc(OCc3ccccc3)cc2)o1. The van der Waals surface area contributed by atoms with Crippen molar-refractivity contribution < 1.29 is 9.15 Å². The number of hydrogen-bond donors (Lipinski definition) is 2. The summed E-state index contributed by atoms with van der Waals surface area (Å²) >= 11 is 0. The number of nitrogen functional groups attached to an aromatic ring is 1. The molecule has 0 radical (unpaired) electrons. The summed E-state index contributed by atoms with van der Waals surface area (Å²) < 4.78 is 11.0. The van der Waals surface area contributed by atoms with E-state index in [0.29, 0.717) is 31.0 Å². The number of nitrogens with one attached hydrogen (secondary N) is 1. The molecule has 1 fully saturated rings. The van der Waals surface area contributed by atoms with Gasteiger partial charge < -0.3 is 20.2 Å². The summed E-state index contributed by atoms with van der Waals surface area (Å²) in [5.41, 5.74) is 7.90. The molecule has 128 valence electrons. The molecule has 1 aliphatic carbocycles. The maximum atomic E-state index is 5.83. The number of rotatable bonds is 7. The zero-order valence-electron chi connectivity index (χ0n) is 13.8.